The number of nitrogens with one attached hydrogen (secondary N) is 2. The van der Waals surface area contributed by atoms with Crippen LogP contribution in [-0.2, 0) is 14.3 Å². The van der Waals surface area contributed by atoms with Crippen LogP contribution in [0, 0.1) is 11.6 Å². The van der Waals surface area contributed by atoms with Gasteiger partial charge < -0.3 is 24.8 Å². The maximum absolute atomic E-state index is 13.7. The van der Waals surface area contributed by atoms with Gasteiger partial charge in [-0.05, 0) is 62.6 Å². The molecule has 0 aliphatic heterocycles. The molecule has 2 bridgehead atoms. The minimum atomic E-state index is -0.627. The summed E-state index contributed by atoms with van der Waals surface area (Å²) in [6.45, 7) is -0.563. The summed E-state index contributed by atoms with van der Waals surface area (Å²) in [5.41, 5.74) is -1.11. The highest BCUT2D eigenvalue weighted by Crippen LogP contribution is 2.48. The standard InChI is InChI=1S/C26H28Cl2F2N2O5S/c1-38-15-37-22-12-25(31-23(33)13-35-16-2-4-18(27)20(29)10-16)6-8-26(22,9-7-25)32-24(34)14-36-17-3-5-19(28)21(30)11-17/h2-5,10-11,22H,6-9,12-15H2,1H3,(H,31,33)(H,32,34)/t22-,25?,26?/m0/s1. The van der Waals surface area contributed by atoms with Crippen LogP contribution in [0.4, 0.5) is 8.78 Å². The van der Waals surface area contributed by atoms with Gasteiger partial charge in [0.25, 0.3) is 11.8 Å². The van der Waals surface area contributed by atoms with E-state index in [0.29, 0.717) is 38.0 Å². The molecule has 2 N–H and O–H groups in total. The van der Waals surface area contributed by atoms with Gasteiger partial charge in [0, 0.05) is 17.7 Å². The van der Waals surface area contributed by atoms with E-state index in [0.717, 1.165) is 12.1 Å². The second-order valence-electron chi connectivity index (χ2n) is 9.53. The fraction of sp³-hybridized carbons (Fsp3) is 0.462. The zero-order valence-electron chi connectivity index (χ0n) is 20.7. The molecule has 0 unspecified atom stereocenters. The van der Waals surface area contributed by atoms with Gasteiger partial charge in [0.1, 0.15) is 23.1 Å². The Hall–Kier alpha value is -2.27. The van der Waals surface area contributed by atoms with Crippen LogP contribution >= 0.6 is 35.0 Å². The molecule has 206 valence electrons. The summed E-state index contributed by atoms with van der Waals surface area (Å²) in [5, 5.41) is 6.14. The average molecular weight is 589 g/mol. The van der Waals surface area contributed by atoms with Crippen molar-refractivity contribution < 1.29 is 32.6 Å². The summed E-state index contributed by atoms with van der Waals surface area (Å²) in [4.78, 5) is 25.6. The second kappa shape index (κ2) is 12.3. The van der Waals surface area contributed by atoms with Crippen molar-refractivity contribution in [2.75, 3.05) is 25.4 Å². The zero-order chi connectivity index (χ0) is 27.3. The Morgan fingerprint density at radius 3 is 1.95 bits per heavy atom. The molecule has 0 saturated heterocycles. The molecule has 2 amide bonds. The Morgan fingerprint density at radius 1 is 0.921 bits per heavy atom. The molecule has 3 saturated carbocycles. The number of halogens is 4. The van der Waals surface area contributed by atoms with Crippen molar-refractivity contribution >= 4 is 46.8 Å². The Labute approximate surface area is 233 Å². The van der Waals surface area contributed by atoms with E-state index < -0.39 is 22.7 Å². The van der Waals surface area contributed by atoms with Crippen molar-refractivity contribution in [3.63, 3.8) is 0 Å². The van der Waals surface area contributed by atoms with Gasteiger partial charge >= 0.3 is 0 Å². The number of hydrogen-bond donors (Lipinski definition) is 2. The monoisotopic (exact) mass is 588 g/mol. The number of rotatable bonds is 11. The van der Waals surface area contributed by atoms with Gasteiger partial charge in [-0.25, -0.2) is 8.78 Å². The van der Waals surface area contributed by atoms with E-state index in [4.69, 9.17) is 37.4 Å². The zero-order valence-corrected chi connectivity index (χ0v) is 23.0. The number of carbonyl (C=O) groups excluding carboxylic acids is 2. The Kier molecular flexibility index (Phi) is 9.28. The lowest BCUT2D eigenvalue weighted by Gasteiger charge is -2.57. The van der Waals surface area contributed by atoms with E-state index in [2.05, 4.69) is 10.6 Å². The summed E-state index contributed by atoms with van der Waals surface area (Å²) in [7, 11) is 0. The van der Waals surface area contributed by atoms with Gasteiger partial charge in [0.05, 0.1) is 27.6 Å². The molecule has 1 atom stereocenters. The lowest BCUT2D eigenvalue weighted by Crippen LogP contribution is -2.71. The van der Waals surface area contributed by atoms with Crippen LogP contribution in [0.2, 0.25) is 10.0 Å². The van der Waals surface area contributed by atoms with Gasteiger partial charge in [0.15, 0.2) is 13.2 Å². The molecule has 38 heavy (non-hydrogen) atoms. The van der Waals surface area contributed by atoms with E-state index in [1.165, 1.54) is 36.0 Å². The van der Waals surface area contributed by atoms with Gasteiger partial charge in [0.2, 0.25) is 0 Å². The Bertz CT molecular complexity index is 1180. The topological polar surface area (TPSA) is 85.9 Å². The second-order valence-corrected chi connectivity index (χ2v) is 11.2. The molecule has 0 heterocycles. The molecule has 5 rings (SSSR count). The maximum atomic E-state index is 13.7. The van der Waals surface area contributed by atoms with Crippen molar-refractivity contribution in [3.8, 4) is 11.5 Å². The van der Waals surface area contributed by atoms with Crippen molar-refractivity contribution in [1.82, 2.24) is 10.6 Å². The molecule has 3 fully saturated rings. The Morgan fingerprint density at radius 2 is 1.45 bits per heavy atom. The van der Waals surface area contributed by atoms with Gasteiger partial charge in [-0.2, -0.15) is 0 Å². The molecule has 12 heteroatoms. The molecule has 3 aliphatic rings. The molecule has 7 nitrogen and oxygen atoms in total. The number of carbonyl (C=O) groups is 2. The maximum Gasteiger partial charge on any atom is 0.258 e. The molecule has 3 aliphatic carbocycles. The highest BCUT2D eigenvalue weighted by molar-refractivity contribution is 7.98. The molecule has 0 spiro atoms. The third kappa shape index (κ3) is 6.83. The Balaban J connectivity index is 1.35. The number of thioether (sulfide) groups is 1. The van der Waals surface area contributed by atoms with E-state index >= 15 is 0 Å². The van der Waals surface area contributed by atoms with E-state index in [9.17, 15) is 18.4 Å². The van der Waals surface area contributed by atoms with Crippen LogP contribution in [0.1, 0.15) is 32.1 Å². The fourth-order valence-electron chi connectivity index (χ4n) is 5.08. The van der Waals surface area contributed by atoms with Crippen LogP contribution in [0.15, 0.2) is 36.4 Å². The largest absolute Gasteiger partial charge is 0.484 e. The summed E-state index contributed by atoms with van der Waals surface area (Å²) in [6.07, 6.45) is 4.56. The summed E-state index contributed by atoms with van der Waals surface area (Å²) >= 11 is 12.9. The normalized spacial score (nSPS) is 24.1. The number of fused-ring (bicyclic) bond motifs is 3. The van der Waals surface area contributed by atoms with Crippen molar-refractivity contribution in [2.24, 2.45) is 0 Å². The smallest absolute Gasteiger partial charge is 0.258 e. The van der Waals surface area contributed by atoms with Crippen molar-refractivity contribution in [1.29, 1.82) is 0 Å². The minimum absolute atomic E-state index is 0.0256. The van der Waals surface area contributed by atoms with E-state index in [1.54, 1.807) is 0 Å². The number of ether oxygens (including phenoxy) is 3. The SMILES string of the molecule is CSCO[C@H]1CC2(NC(=O)COc3ccc(Cl)c(F)c3)CCC1(NC(=O)COc1ccc(Cl)c(F)c1)CC2. The predicted molar refractivity (Wildman–Crippen MR) is 142 cm³/mol. The molecule has 0 aromatic heterocycles. The quantitative estimate of drug-likeness (QED) is 0.354. The first kappa shape index (κ1) is 28.7. The molecular formula is C26H28Cl2F2N2O5S. The van der Waals surface area contributed by atoms with Crippen LogP contribution in [0.5, 0.6) is 11.5 Å². The third-order valence-corrected chi connectivity index (χ3v) is 7.98. The molecular weight excluding hydrogens is 561 g/mol. The van der Waals surface area contributed by atoms with Crippen LogP contribution in [0.25, 0.3) is 0 Å². The summed E-state index contributed by atoms with van der Waals surface area (Å²) < 4.78 is 44.3. The summed E-state index contributed by atoms with van der Waals surface area (Å²) in [5.74, 6) is -1.09. The molecule has 0 radical (unpaired) electrons. The van der Waals surface area contributed by atoms with Crippen LogP contribution in [-0.4, -0.2) is 54.4 Å². The average Bonchev–Trinajstić information content (AvgIpc) is 2.89. The predicted octanol–water partition coefficient (Wildman–Crippen LogP) is 5.12. The number of amides is 2. The molecule has 2 aromatic carbocycles. The van der Waals surface area contributed by atoms with E-state index in [1.807, 2.05) is 6.26 Å². The first-order valence-corrected chi connectivity index (χ1v) is 14.2. The number of benzene rings is 2. The fourth-order valence-corrected chi connectivity index (χ4v) is 5.61. The lowest BCUT2D eigenvalue weighted by atomic mass is 9.59. The van der Waals surface area contributed by atoms with Crippen LogP contribution < -0.4 is 20.1 Å². The summed E-state index contributed by atoms with van der Waals surface area (Å²) in [6, 6.07) is 7.98. The first-order chi connectivity index (χ1) is 18.1. The van der Waals surface area contributed by atoms with Crippen molar-refractivity contribution in [2.45, 2.75) is 49.3 Å². The highest BCUT2D eigenvalue weighted by Gasteiger charge is 2.56. The van der Waals surface area contributed by atoms with Crippen LogP contribution in [0.3, 0.4) is 0 Å². The molecule has 2 aromatic rings. The highest BCUT2D eigenvalue weighted by atomic mass is 35.5. The number of hydrogen-bond acceptors (Lipinski definition) is 6. The minimum Gasteiger partial charge on any atom is -0.484 e. The van der Waals surface area contributed by atoms with E-state index in [-0.39, 0.29) is 52.7 Å². The van der Waals surface area contributed by atoms with Gasteiger partial charge in [-0.15, -0.1) is 11.8 Å². The van der Waals surface area contributed by atoms with Gasteiger partial charge in [-0.1, -0.05) is 23.2 Å². The van der Waals surface area contributed by atoms with Crippen molar-refractivity contribution in [3.05, 3.63) is 58.1 Å². The third-order valence-electron chi connectivity index (χ3n) is 6.99. The van der Waals surface area contributed by atoms with Gasteiger partial charge in [-0.3, -0.25) is 9.59 Å². The first-order valence-electron chi connectivity index (χ1n) is 12.0. The lowest BCUT2D eigenvalue weighted by molar-refractivity contribution is -0.140.